The van der Waals surface area contributed by atoms with Crippen molar-refractivity contribution in [2.45, 2.75) is 39.7 Å². The summed E-state index contributed by atoms with van der Waals surface area (Å²) in [6, 6.07) is 0.768. The summed E-state index contributed by atoms with van der Waals surface area (Å²) in [5.74, 6) is 0.848. The van der Waals surface area contributed by atoms with E-state index in [1.165, 1.54) is 39.0 Å². The fraction of sp³-hybridized carbons (Fsp3) is 1.00. The number of hydrogen-bond donors (Lipinski definition) is 1. The molecule has 1 saturated heterocycles. The molecule has 0 radical (unpaired) electrons. The predicted octanol–water partition coefficient (Wildman–Crippen LogP) is 1.72. The van der Waals surface area contributed by atoms with E-state index in [4.69, 9.17) is 0 Å². The van der Waals surface area contributed by atoms with Crippen LogP contribution in [0.5, 0.6) is 0 Å². The van der Waals surface area contributed by atoms with Gasteiger partial charge in [0.25, 0.3) is 0 Å². The summed E-state index contributed by atoms with van der Waals surface area (Å²) in [5.41, 5.74) is 0. The second-order valence-electron chi connectivity index (χ2n) is 4.40. The van der Waals surface area contributed by atoms with Crippen LogP contribution in [-0.2, 0) is 0 Å². The van der Waals surface area contributed by atoms with Crippen LogP contribution in [-0.4, -0.2) is 37.1 Å². The summed E-state index contributed by atoms with van der Waals surface area (Å²) in [7, 11) is 0. The van der Waals surface area contributed by atoms with Gasteiger partial charge in [-0.15, -0.1) is 0 Å². The molecule has 0 aromatic heterocycles. The number of nitrogens with one attached hydrogen (secondary N) is 1. The third-order valence-corrected chi connectivity index (χ3v) is 3.18. The van der Waals surface area contributed by atoms with Crippen LogP contribution in [0.3, 0.4) is 0 Å². The highest BCUT2D eigenvalue weighted by molar-refractivity contribution is 4.74. The summed E-state index contributed by atoms with van der Waals surface area (Å²) < 4.78 is 0. The Morgan fingerprint density at radius 1 is 1.46 bits per heavy atom. The van der Waals surface area contributed by atoms with E-state index in [0.717, 1.165) is 12.0 Å². The smallest absolute Gasteiger partial charge is 0.0110 e. The normalized spacial score (nSPS) is 28.4. The molecule has 1 rings (SSSR count). The third kappa shape index (κ3) is 3.65. The zero-order valence-corrected chi connectivity index (χ0v) is 9.34. The standard InChI is InChI=1S/C11H24N2/c1-4-10(2)9-13-8-7-12-6-5-11(13)3/h10-12H,4-9H2,1-3H3. The van der Waals surface area contributed by atoms with E-state index in [1.54, 1.807) is 0 Å². The Hall–Kier alpha value is -0.0800. The Labute approximate surface area is 82.7 Å². The lowest BCUT2D eigenvalue weighted by molar-refractivity contribution is 0.189. The number of rotatable bonds is 3. The van der Waals surface area contributed by atoms with Crippen LogP contribution in [0.2, 0.25) is 0 Å². The van der Waals surface area contributed by atoms with E-state index in [9.17, 15) is 0 Å². The molecule has 1 heterocycles. The Kier molecular flexibility index (Phi) is 4.74. The van der Waals surface area contributed by atoms with Crippen LogP contribution < -0.4 is 5.32 Å². The van der Waals surface area contributed by atoms with Gasteiger partial charge < -0.3 is 5.32 Å². The second kappa shape index (κ2) is 5.61. The molecule has 2 heteroatoms. The fourth-order valence-corrected chi connectivity index (χ4v) is 1.86. The molecule has 0 aromatic rings. The molecular formula is C11H24N2. The Bertz CT molecular complexity index is 136. The maximum absolute atomic E-state index is 3.46. The average molecular weight is 184 g/mol. The van der Waals surface area contributed by atoms with E-state index in [1.807, 2.05) is 0 Å². The molecule has 1 aliphatic rings. The third-order valence-electron chi connectivity index (χ3n) is 3.18. The zero-order valence-electron chi connectivity index (χ0n) is 9.34. The lowest BCUT2D eigenvalue weighted by Gasteiger charge is -2.28. The molecular weight excluding hydrogens is 160 g/mol. The first-order valence-electron chi connectivity index (χ1n) is 5.68. The first-order valence-corrected chi connectivity index (χ1v) is 5.68. The maximum atomic E-state index is 3.46. The van der Waals surface area contributed by atoms with Crippen molar-refractivity contribution in [1.82, 2.24) is 10.2 Å². The van der Waals surface area contributed by atoms with E-state index in [0.29, 0.717) is 0 Å². The van der Waals surface area contributed by atoms with Crippen molar-refractivity contribution < 1.29 is 0 Å². The fourth-order valence-electron chi connectivity index (χ4n) is 1.86. The van der Waals surface area contributed by atoms with E-state index >= 15 is 0 Å². The van der Waals surface area contributed by atoms with Crippen molar-refractivity contribution in [2.75, 3.05) is 26.2 Å². The molecule has 78 valence electrons. The molecule has 1 N–H and O–H groups in total. The van der Waals surface area contributed by atoms with Gasteiger partial charge in [-0.1, -0.05) is 20.3 Å². The molecule has 0 amide bonds. The van der Waals surface area contributed by atoms with Gasteiger partial charge in [-0.3, -0.25) is 4.90 Å². The Balaban J connectivity index is 2.35. The Morgan fingerprint density at radius 2 is 2.23 bits per heavy atom. The molecule has 13 heavy (non-hydrogen) atoms. The van der Waals surface area contributed by atoms with E-state index < -0.39 is 0 Å². The summed E-state index contributed by atoms with van der Waals surface area (Å²) in [4.78, 5) is 2.63. The highest BCUT2D eigenvalue weighted by atomic mass is 15.2. The highest BCUT2D eigenvalue weighted by Crippen LogP contribution is 2.10. The molecule has 0 aromatic carbocycles. The summed E-state index contributed by atoms with van der Waals surface area (Å²) in [6.45, 7) is 11.9. The SMILES string of the molecule is CCC(C)CN1CCNCCC1C. The minimum absolute atomic E-state index is 0.768. The molecule has 1 fully saturated rings. The van der Waals surface area contributed by atoms with Crippen LogP contribution in [0.1, 0.15) is 33.6 Å². The number of hydrogen-bond acceptors (Lipinski definition) is 2. The minimum atomic E-state index is 0.768. The van der Waals surface area contributed by atoms with E-state index in [-0.39, 0.29) is 0 Å². The first kappa shape index (κ1) is 11.0. The van der Waals surface area contributed by atoms with Crippen LogP contribution in [0.15, 0.2) is 0 Å². The van der Waals surface area contributed by atoms with Gasteiger partial charge in [-0.05, 0) is 25.8 Å². The van der Waals surface area contributed by atoms with Crippen molar-refractivity contribution in [3.8, 4) is 0 Å². The van der Waals surface area contributed by atoms with E-state index in [2.05, 4.69) is 31.0 Å². The van der Waals surface area contributed by atoms with Gasteiger partial charge in [0.05, 0.1) is 0 Å². The molecule has 0 aliphatic carbocycles. The van der Waals surface area contributed by atoms with Gasteiger partial charge in [0, 0.05) is 25.7 Å². The van der Waals surface area contributed by atoms with Gasteiger partial charge in [-0.25, -0.2) is 0 Å². The van der Waals surface area contributed by atoms with Gasteiger partial charge in [-0.2, -0.15) is 0 Å². The van der Waals surface area contributed by atoms with Crippen molar-refractivity contribution in [3.05, 3.63) is 0 Å². The minimum Gasteiger partial charge on any atom is -0.315 e. The molecule has 2 nitrogen and oxygen atoms in total. The van der Waals surface area contributed by atoms with Crippen LogP contribution in [0, 0.1) is 5.92 Å². The predicted molar refractivity (Wildman–Crippen MR) is 58.0 cm³/mol. The summed E-state index contributed by atoms with van der Waals surface area (Å²) in [5, 5.41) is 3.46. The van der Waals surface area contributed by atoms with Gasteiger partial charge in [0.2, 0.25) is 0 Å². The molecule has 0 spiro atoms. The molecule has 0 saturated carbocycles. The van der Waals surface area contributed by atoms with Gasteiger partial charge in [0.1, 0.15) is 0 Å². The van der Waals surface area contributed by atoms with Gasteiger partial charge >= 0.3 is 0 Å². The van der Waals surface area contributed by atoms with Crippen molar-refractivity contribution >= 4 is 0 Å². The number of nitrogens with zero attached hydrogens (tertiary/aromatic N) is 1. The first-order chi connectivity index (χ1) is 6.24. The Morgan fingerprint density at radius 3 is 2.92 bits per heavy atom. The lowest BCUT2D eigenvalue weighted by atomic mass is 10.1. The maximum Gasteiger partial charge on any atom is 0.0110 e. The summed E-state index contributed by atoms with van der Waals surface area (Å²) in [6.07, 6.45) is 2.60. The summed E-state index contributed by atoms with van der Waals surface area (Å²) >= 11 is 0. The van der Waals surface area contributed by atoms with Gasteiger partial charge in [0.15, 0.2) is 0 Å². The molecule has 2 unspecified atom stereocenters. The second-order valence-corrected chi connectivity index (χ2v) is 4.40. The van der Waals surface area contributed by atoms with Crippen LogP contribution >= 0.6 is 0 Å². The molecule has 1 aliphatic heterocycles. The topological polar surface area (TPSA) is 15.3 Å². The van der Waals surface area contributed by atoms with Crippen LogP contribution in [0.4, 0.5) is 0 Å². The lowest BCUT2D eigenvalue weighted by Crippen LogP contribution is -2.37. The van der Waals surface area contributed by atoms with Crippen molar-refractivity contribution in [3.63, 3.8) is 0 Å². The zero-order chi connectivity index (χ0) is 9.68. The average Bonchev–Trinajstić information content (AvgIpc) is 2.32. The molecule has 2 atom stereocenters. The van der Waals surface area contributed by atoms with Crippen LogP contribution in [0.25, 0.3) is 0 Å². The highest BCUT2D eigenvalue weighted by Gasteiger charge is 2.17. The largest absolute Gasteiger partial charge is 0.315 e. The monoisotopic (exact) mass is 184 g/mol. The van der Waals surface area contributed by atoms with Crippen molar-refractivity contribution in [2.24, 2.45) is 5.92 Å². The quantitative estimate of drug-likeness (QED) is 0.718. The molecule has 0 bridgehead atoms. The van der Waals surface area contributed by atoms with Crippen molar-refractivity contribution in [1.29, 1.82) is 0 Å².